The van der Waals surface area contributed by atoms with Crippen molar-refractivity contribution in [2.75, 3.05) is 6.61 Å². The number of rotatable bonds is 4. The van der Waals surface area contributed by atoms with Gasteiger partial charge in [0.05, 0.1) is 6.61 Å². The summed E-state index contributed by atoms with van der Waals surface area (Å²) in [5.74, 6) is 0.964. The SMILES string of the molecule is CCCCOc1c[c-]ccc1C.[Br-].[Mg+2]. The van der Waals surface area contributed by atoms with Crippen molar-refractivity contribution in [3.8, 4) is 5.75 Å². The van der Waals surface area contributed by atoms with Crippen LogP contribution in [-0.2, 0) is 0 Å². The van der Waals surface area contributed by atoms with E-state index in [0.717, 1.165) is 18.8 Å². The summed E-state index contributed by atoms with van der Waals surface area (Å²) in [6, 6.07) is 8.82. The van der Waals surface area contributed by atoms with Crippen LogP contribution in [0.25, 0.3) is 0 Å². The molecule has 1 aromatic carbocycles. The van der Waals surface area contributed by atoms with Crippen LogP contribution in [0.15, 0.2) is 18.2 Å². The van der Waals surface area contributed by atoms with Crippen LogP contribution in [0, 0.1) is 13.0 Å². The van der Waals surface area contributed by atoms with E-state index in [9.17, 15) is 0 Å². The van der Waals surface area contributed by atoms with Crippen LogP contribution in [0.4, 0.5) is 0 Å². The molecule has 0 aromatic heterocycles. The standard InChI is InChI=1S/C11H15O.BrH.Mg/c1-3-4-9-12-11-8-6-5-7-10(11)2;;/h5,7-8H,3-4,9H2,1-2H3;1H;/q-1;;+2/p-1. The zero-order chi connectivity index (χ0) is 8.81. The van der Waals surface area contributed by atoms with Crippen molar-refractivity contribution >= 4 is 23.1 Å². The van der Waals surface area contributed by atoms with Crippen molar-refractivity contribution < 1.29 is 21.7 Å². The average Bonchev–Trinajstić information content (AvgIpc) is 2.09. The molecule has 3 heteroatoms. The molecule has 0 saturated carbocycles. The molecule has 0 saturated heterocycles. The molecule has 1 nitrogen and oxygen atoms in total. The number of ether oxygens (including phenoxy) is 1. The predicted molar refractivity (Wildman–Crippen MR) is 56.2 cm³/mol. The normalized spacial score (nSPS) is 8.43. The Labute approximate surface area is 113 Å². The van der Waals surface area contributed by atoms with Gasteiger partial charge in [0.25, 0.3) is 0 Å². The van der Waals surface area contributed by atoms with Crippen LogP contribution in [0.3, 0.4) is 0 Å². The molecule has 14 heavy (non-hydrogen) atoms. The van der Waals surface area contributed by atoms with Gasteiger partial charge < -0.3 is 21.7 Å². The molecule has 1 rings (SSSR count). The van der Waals surface area contributed by atoms with Crippen molar-refractivity contribution in [2.24, 2.45) is 0 Å². The van der Waals surface area contributed by atoms with Gasteiger partial charge >= 0.3 is 23.1 Å². The predicted octanol–water partition coefficient (Wildman–Crippen LogP) is -0.403. The van der Waals surface area contributed by atoms with Crippen molar-refractivity contribution in [2.45, 2.75) is 26.7 Å². The molecule has 74 valence electrons. The van der Waals surface area contributed by atoms with E-state index in [0.29, 0.717) is 0 Å². The van der Waals surface area contributed by atoms with E-state index in [1.165, 1.54) is 12.0 Å². The van der Waals surface area contributed by atoms with Gasteiger partial charge in [0.1, 0.15) is 0 Å². The number of hydrogen-bond donors (Lipinski definition) is 0. The van der Waals surface area contributed by atoms with Crippen LogP contribution in [0.2, 0.25) is 0 Å². The maximum Gasteiger partial charge on any atom is 2.00 e. The maximum atomic E-state index is 5.55. The summed E-state index contributed by atoms with van der Waals surface area (Å²) in [6.07, 6.45) is 2.30. The minimum Gasteiger partial charge on any atom is -1.00 e. The summed E-state index contributed by atoms with van der Waals surface area (Å²) in [5.41, 5.74) is 1.19. The van der Waals surface area contributed by atoms with Gasteiger partial charge in [-0.15, -0.1) is 11.6 Å². The molecule has 0 unspecified atom stereocenters. The van der Waals surface area contributed by atoms with Crippen LogP contribution >= 0.6 is 0 Å². The van der Waals surface area contributed by atoms with Crippen LogP contribution in [0.5, 0.6) is 5.75 Å². The molecule has 0 fully saturated rings. The molecule has 0 heterocycles. The van der Waals surface area contributed by atoms with E-state index in [1.807, 2.05) is 18.2 Å². The molecule has 0 atom stereocenters. The van der Waals surface area contributed by atoms with Gasteiger partial charge in [0.2, 0.25) is 0 Å². The molecular formula is C11H15BrMgO. The molecule has 0 aliphatic carbocycles. The minimum absolute atomic E-state index is 0. The van der Waals surface area contributed by atoms with Crippen LogP contribution in [-0.4, -0.2) is 29.7 Å². The monoisotopic (exact) mass is 266 g/mol. The zero-order valence-electron chi connectivity index (χ0n) is 8.85. The Morgan fingerprint density at radius 1 is 1.43 bits per heavy atom. The van der Waals surface area contributed by atoms with E-state index in [2.05, 4.69) is 19.9 Å². The second kappa shape index (κ2) is 9.81. The molecule has 1 aromatic rings. The quantitative estimate of drug-likeness (QED) is 0.410. The summed E-state index contributed by atoms with van der Waals surface area (Å²) in [5, 5.41) is 0. The van der Waals surface area contributed by atoms with Gasteiger partial charge in [-0.3, -0.25) is 0 Å². The summed E-state index contributed by atoms with van der Waals surface area (Å²) < 4.78 is 5.55. The van der Waals surface area contributed by atoms with Gasteiger partial charge in [-0.1, -0.05) is 20.3 Å². The van der Waals surface area contributed by atoms with Crippen LogP contribution < -0.4 is 21.7 Å². The van der Waals surface area contributed by atoms with Crippen molar-refractivity contribution in [3.05, 3.63) is 29.8 Å². The maximum absolute atomic E-state index is 5.55. The fraction of sp³-hybridized carbons (Fsp3) is 0.455. The Bertz CT molecular complexity index is 240. The van der Waals surface area contributed by atoms with Crippen molar-refractivity contribution in [3.63, 3.8) is 0 Å². The third kappa shape index (κ3) is 5.88. The summed E-state index contributed by atoms with van der Waals surface area (Å²) in [7, 11) is 0. The summed E-state index contributed by atoms with van der Waals surface area (Å²) in [4.78, 5) is 0. The summed E-state index contributed by atoms with van der Waals surface area (Å²) >= 11 is 0. The van der Waals surface area contributed by atoms with E-state index in [-0.39, 0.29) is 40.0 Å². The number of hydrogen-bond acceptors (Lipinski definition) is 1. The van der Waals surface area contributed by atoms with Gasteiger partial charge in [-0.2, -0.15) is 18.2 Å². The second-order valence-electron chi connectivity index (χ2n) is 2.89. The van der Waals surface area contributed by atoms with Gasteiger partial charge in [0.15, 0.2) is 0 Å². The zero-order valence-corrected chi connectivity index (χ0v) is 11.8. The van der Waals surface area contributed by atoms with Crippen molar-refractivity contribution in [1.82, 2.24) is 0 Å². The van der Waals surface area contributed by atoms with E-state index in [4.69, 9.17) is 4.74 Å². The first-order valence-corrected chi connectivity index (χ1v) is 4.44. The largest absolute Gasteiger partial charge is 2.00 e. The molecule has 0 aliphatic rings. The first-order chi connectivity index (χ1) is 5.84. The average molecular weight is 267 g/mol. The first kappa shape index (κ1) is 16.7. The van der Waals surface area contributed by atoms with Gasteiger partial charge in [0, 0.05) is 5.75 Å². The Kier molecular flexibility index (Phi) is 11.7. The van der Waals surface area contributed by atoms with Gasteiger partial charge in [-0.05, 0) is 6.42 Å². The molecular weight excluding hydrogens is 252 g/mol. The minimum atomic E-state index is 0. The Balaban J connectivity index is 0. The third-order valence-electron chi connectivity index (χ3n) is 1.79. The Hall–Kier alpha value is 0.266. The molecule has 0 N–H and O–H groups in total. The molecule has 0 amide bonds. The molecule has 0 aliphatic heterocycles. The van der Waals surface area contributed by atoms with E-state index < -0.39 is 0 Å². The van der Waals surface area contributed by atoms with Crippen molar-refractivity contribution in [1.29, 1.82) is 0 Å². The van der Waals surface area contributed by atoms with E-state index in [1.54, 1.807) is 0 Å². The fourth-order valence-electron chi connectivity index (χ4n) is 0.975. The fourth-order valence-corrected chi connectivity index (χ4v) is 0.975. The summed E-state index contributed by atoms with van der Waals surface area (Å²) in [6.45, 7) is 5.03. The topological polar surface area (TPSA) is 9.23 Å². The first-order valence-electron chi connectivity index (χ1n) is 4.44. The number of halogens is 1. The van der Waals surface area contributed by atoms with E-state index >= 15 is 0 Å². The second-order valence-corrected chi connectivity index (χ2v) is 2.89. The van der Waals surface area contributed by atoms with Crippen LogP contribution in [0.1, 0.15) is 25.3 Å². The molecule has 0 spiro atoms. The Morgan fingerprint density at radius 3 is 2.71 bits per heavy atom. The number of benzene rings is 1. The smallest absolute Gasteiger partial charge is 1.00 e. The molecule has 0 radical (unpaired) electrons. The molecule has 0 bridgehead atoms. The number of unbranched alkanes of at least 4 members (excludes halogenated alkanes) is 1. The number of aryl methyl sites for hydroxylation is 1. The Morgan fingerprint density at radius 2 is 2.14 bits per heavy atom. The third-order valence-corrected chi connectivity index (χ3v) is 1.79. The van der Waals surface area contributed by atoms with Gasteiger partial charge in [-0.25, -0.2) is 0 Å².